The first-order valence-corrected chi connectivity index (χ1v) is 9.84. The van der Waals surface area contributed by atoms with Gasteiger partial charge in [0.25, 0.3) is 5.56 Å². The van der Waals surface area contributed by atoms with Gasteiger partial charge in [-0.25, -0.2) is 9.97 Å². The van der Waals surface area contributed by atoms with E-state index in [1.54, 1.807) is 44.0 Å². The Kier molecular flexibility index (Phi) is 5.83. The van der Waals surface area contributed by atoms with Crippen LogP contribution in [0.1, 0.15) is 22.4 Å². The first-order valence-electron chi connectivity index (χ1n) is 9.47. The summed E-state index contributed by atoms with van der Waals surface area (Å²) in [5.41, 5.74) is 3.31. The summed E-state index contributed by atoms with van der Waals surface area (Å²) < 4.78 is 8.74. The van der Waals surface area contributed by atoms with E-state index in [4.69, 9.17) is 21.6 Å². The lowest BCUT2D eigenvalue weighted by atomic mass is 10.1. The summed E-state index contributed by atoms with van der Waals surface area (Å²) in [6.07, 6.45) is 7.51. The van der Waals surface area contributed by atoms with Gasteiger partial charge < -0.3 is 9.30 Å². The molecule has 0 saturated carbocycles. The summed E-state index contributed by atoms with van der Waals surface area (Å²) in [5, 5.41) is 9.62. The van der Waals surface area contributed by atoms with E-state index in [1.165, 1.54) is 10.6 Å². The van der Waals surface area contributed by atoms with Gasteiger partial charge in [0.1, 0.15) is 17.6 Å². The van der Waals surface area contributed by atoms with Crippen LogP contribution in [0.5, 0.6) is 5.75 Å². The molecule has 0 saturated heterocycles. The van der Waals surface area contributed by atoms with Crippen LogP contribution in [0.3, 0.4) is 0 Å². The highest BCUT2D eigenvalue weighted by molar-refractivity contribution is 6.30. The van der Waals surface area contributed by atoms with E-state index in [2.05, 4.69) is 16.0 Å². The van der Waals surface area contributed by atoms with Crippen molar-refractivity contribution < 1.29 is 4.74 Å². The topological polar surface area (TPSA) is 85.7 Å². The Balaban J connectivity index is 1.53. The van der Waals surface area contributed by atoms with E-state index in [1.807, 2.05) is 29.0 Å². The molecule has 0 spiro atoms. The molecule has 3 heterocycles. The predicted molar refractivity (Wildman–Crippen MR) is 117 cm³/mol. The molecule has 0 radical (unpaired) electrons. The minimum absolute atomic E-state index is 0.195. The lowest BCUT2D eigenvalue weighted by Crippen LogP contribution is -2.17. The van der Waals surface area contributed by atoms with Crippen LogP contribution in [0.4, 0.5) is 0 Å². The third-order valence-electron chi connectivity index (χ3n) is 4.85. The Labute approximate surface area is 183 Å². The van der Waals surface area contributed by atoms with Crippen molar-refractivity contribution in [3.63, 3.8) is 0 Å². The summed E-state index contributed by atoms with van der Waals surface area (Å²) >= 11 is 5.99. The number of methoxy groups -OCH3 is 1. The average molecular weight is 432 g/mol. The average Bonchev–Trinajstić information content (AvgIpc) is 3.22. The standard InChI is InChI=1S/C23H18ClN5O2/c1-31-21-9-16(2-4-18(21)10-25)8-20-12-26-15-28(20)13-17-3-6-22(27-11-17)29-14-19(24)5-7-23(29)30/h2-7,9,11-12,14-15H,8,13H2,1H3. The van der Waals surface area contributed by atoms with E-state index < -0.39 is 0 Å². The van der Waals surface area contributed by atoms with Gasteiger partial charge in [-0.1, -0.05) is 23.7 Å². The molecule has 0 N–H and O–H groups in total. The molecular weight excluding hydrogens is 414 g/mol. The highest BCUT2D eigenvalue weighted by Crippen LogP contribution is 2.21. The van der Waals surface area contributed by atoms with E-state index in [-0.39, 0.29) is 5.56 Å². The quantitative estimate of drug-likeness (QED) is 0.465. The Bertz CT molecular complexity index is 1320. The molecular formula is C23H18ClN5O2. The fourth-order valence-electron chi connectivity index (χ4n) is 3.27. The molecule has 0 aliphatic rings. The third kappa shape index (κ3) is 4.49. The number of nitrogens with zero attached hydrogens (tertiary/aromatic N) is 5. The molecule has 154 valence electrons. The normalized spacial score (nSPS) is 10.6. The maximum Gasteiger partial charge on any atom is 0.256 e. The van der Waals surface area contributed by atoms with Gasteiger partial charge in [-0.05, 0) is 35.4 Å². The Hall–Kier alpha value is -3.89. The zero-order chi connectivity index (χ0) is 21.8. The molecule has 4 aromatic rings. The van der Waals surface area contributed by atoms with E-state index in [9.17, 15) is 4.79 Å². The smallest absolute Gasteiger partial charge is 0.256 e. The first kappa shape index (κ1) is 20.4. The van der Waals surface area contributed by atoms with Crippen molar-refractivity contribution in [2.24, 2.45) is 0 Å². The van der Waals surface area contributed by atoms with Gasteiger partial charge in [-0.3, -0.25) is 9.36 Å². The summed E-state index contributed by atoms with van der Waals surface area (Å²) in [6, 6.07) is 14.3. The number of hydrogen-bond acceptors (Lipinski definition) is 5. The van der Waals surface area contributed by atoms with Crippen molar-refractivity contribution in [1.82, 2.24) is 19.1 Å². The van der Waals surface area contributed by atoms with Crippen LogP contribution in [0.25, 0.3) is 5.82 Å². The largest absolute Gasteiger partial charge is 0.495 e. The van der Waals surface area contributed by atoms with Crippen molar-refractivity contribution in [3.05, 3.63) is 105 Å². The third-order valence-corrected chi connectivity index (χ3v) is 5.08. The number of pyridine rings is 2. The monoisotopic (exact) mass is 431 g/mol. The fraction of sp³-hybridized carbons (Fsp3) is 0.130. The molecule has 0 bridgehead atoms. The van der Waals surface area contributed by atoms with E-state index in [0.717, 1.165) is 16.8 Å². The molecule has 0 unspecified atom stereocenters. The summed E-state index contributed by atoms with van der Waals surface area (Å²) in [4.78, 5) is 20.7. The van der Waals surface area contributed by atoms with E-state index in [0.29, 0.717) is 35.1 Å². The number of imidazole rings is 1. The predicted octanol–water partition coefficient (Wildman–Crippen LogP) is 3.60. The van der Waals surface area contributed by atoms with Crippen molar-refractivity contribution >= 4 is 11.6 Å². The highest BCUT2D eigenvalue weighted by atomic mass is 35.5. The lowest BCUT2D eigenvalue weighted by Gasteiger charge is -2.11. The number of rotatable bonds is 6. The molecule has 3 aromatic heterocycles. The van der Waals surface area contributed by atoms with Crippen LogP contribution < -0.4 is 10.3 Å². The molecule has 4 rings (SSSR count). The number of aromatic nitrogens is 4. The van der Waals surface area contributed by atoms with Crippen LogP contribution in [0.2, 0.25) is 5.02 Å². The number of nitriles is 1. The van der Waals surface area contributed by atoms with Gasteiger partial charge in [0, 0.05) is 36.8 Å². The Morgan fingerprint density at radius 1 is 1.13 bits per heavy atom. The molecule has 0 atom stereocenters. The lowest BCUT2D eigenvalue weighted by molar-refractivity contribution is 0.413. The fourth-order valence-corrected chi connectivity index (χ4v) is 3.44. The molecule has 8 heteroatoms. The molecule has 0 fully saturated rings. The van der Waals surface area contributed by atoms with Gasteiger partial charge in [0.15, 0.2) is 0 Å². The molecule has 0 aliphatic heterocycles. The zero-order valence-electron chi connectivity index (χ0n) is 16.7. The SMILES string of the molecule is COc1cc(Cc2cncn2Cc2ccc(-n3cc(Cl)ccc3=O)nc2)ccc1C#N. The number of hydrogen-bond donors (Lipinski definition) is 0. The van der Waals surface area contributed by atoms with Crippen LogP contribution in [0.15, 0.2) is 72.2 Å². The van der Waals surface area contributed by atoms with Crippen molar-refractivity contribution in [1.29, 1.82) is 5.26 Å². The number of benzene rings is 1. The second-order valence-corrected chi connectivity index (χ2v) is 7.35. The molecule has 7 nitrogen and oxygen atoms in total. The van der Waals surface area contributed by atoms with Crippen molar-refractivity contribution in [2.75, 3.05) is 7.11 Å². The number of halogens is 1. The molecule has 1 aromatic carbocycles. The molecule has 0 aliphatic carbocycles. The summed E-state index contributed by atoms with van der Waals surface area (Å²) in [7, 11) is 1.55. The highest BCUT2D eigenvalue weighted by Gasteiger charge is 2.09. The zero-order valence-corrected chi connectivity index (χ0v) is 17.5. The Morgan fingerprint density at radius 2 is 1.97 bits per heavy atom. The van der Waals surface area contributed by atoms with Crippen LogP contribution in [-0.4, -0.2) is 26.2 Å². The van der Waals surface area contributed by atoms with Gasteiger partial charge >= 0.3 is 0 Å². The second-order valence-electron chi connectivity index (χ2n) is 6.92. The minimum atomic E-state index is -0.195. The molecule has 31 heavy (non-hydrogen) atoms. The van der Waals surface area contributed by atoms with Crippen molar-refractivity contribution in [3.8, 4) is 17.6 Å². The first-order chi connectivity index (χ1) is 15.1. The molecule has 0 amide bonds. The van der Waals surface area contributed by atoms with Crippen LogP contribution in [0, 0.1) is 11.3 Å². The van der Waals surface area contributed by atoms with Gasteiger partial charge in [-0.15, -0.1) is 0 Å². The minimum Gasteiger partial charge on any atom is -0.495 e. The Morgan fingerprint density at radius 3 is 2.71 bits per heavy atom. The van der Waals surface area contributed by atoms with Gasteiger partial charge in [-0.2, -0.15) is 5.26 Å². The second kappa shape index (κ2) is 8.86. The number of ether oxygens (including phenoxy) is 1. The summed E-state index contributed by atoms with van der Waals surface area (Å²) in [5.74, 6) is 1.06. The maximum atomic E-state index is 12.0. The van der Waals surface area contributed by atoms with E-state index >= 15 is 0 Å². The van der Waals surface area contributed by atoms with Crippen LogP contribution in [-0.2, 0) is 13.0 Å². The summed E-state index contributed by atoms with van der Waals surface area (Å²) in [6.45, 7) is 0.584. The van der Waals surface area contributed by atoms with Gasteiger partial charge in [0.05, 0.1) is 30.6 Å². The van der Waals surface area contributed by atoms with Gasteiger partial charge in [0.2, 0.25) is 0 Å². The van der Waals surface area contributed by atoms with Crippen molar-refractivity contribution in [2.45, 2.75) is 13.0 Å². The van der Waals surface area contributed by atoms with Crippen LogP contribution >= 0.6 is 11.6 Å². The maximum absolute atomic E-state index is 12.0.